The zero-order chi connectivity index (χ0) is 17.2. The lowest BCUT2D eigenvalue weighted by atomic mass is 10.1. The van der Waals surface area contributed by atoms with Crippen molar-refractivity contribution in [2.75, 3.05) is 13.1 Å². The van der Waals surface area contributed by atoms with Crippen LogP contribution < -0.4 is 0 Å². The summed E-state index contributed by atoms with van der Waals surface area (Å²) >= 11 is 0. The van der Waals surface area contributed by atoms with Gasteiger partial charge in [0.15, 0.2) is 0 Å². The molecule has 0 bridgehead atoms. The molecule has 0 atom stereocenters. The predicted octanol–water partition coefficient (Wildman–Crippen LogP) is 3.73. The Balaban J connectivity index is 2.00. The lowest BCUT2D eigenvalue weighted by molar-refractivity contribution is 0.0748. The minimum atomic E-state index is 0.0490. The van der Waals surface area contributed by atoms with Crippen LogP contribution in [-0.2, 0) is 0 Å². The highest BCUT2D eigenvalue weighted by molar-refractivity contribution is 5.93. The topological polar surface area (TPSA) is 63.4 Å². The van der Waals surface area contributed by atoms with Gasteiger partial charge in [0, 0.05) is 25.5 Å². The predicted molar refractivity (Wildman–Crippen MR) is 95.0 cm³/mol. The maximum atomic E-state index is 12.9. The Morgan fingerprint density at radius 3 is 2.29 bits per heavy atom. The summed E-state index contributed by atoms with van der Waals surface area (Å²) in [6, 6.07) is 0. The molecule has 2 heterocycles. The number of carbonyl (C=O) groups is 1. The summed E-state index contributed by atoms with van der Waals surface area (Å²) in [5.74, 6) is 0.567. The first-order valence-electron chi connectivity index (χ1n) is 9.21. The zero-order valence-corrected chi connectivity index (χ0v) is 14.9. The van der Waals surface area contributed by atoms with Gasteiger partial charge in [-0.1, -0.05) is 52.4 Å². The van der Waals surface area contributed by atoms with Gasteiger partial charge in [-0.15, -0.1) is 0 Å². The first kappa shape index (κ1) is 18.4. The van der Waals surface area contributed by atoms with Crippen LogP contribution in [-0.4, -0.2) is 43.5 Å². The molecule has 0 fully saturated rings. The van der Waals surface area contributed by atoms with Crippen molar-refractivity contribution in [2.24, 2.45) is 0 Å². The second-order valence-electron chi connectivity index (χ2n) is 6.26. The van der Waals surface area contributed by atoms with Crippen molar-refractivity contribution in [2.45, 2.75) is 65.2 Å². The summed E-state index contributed by atoms with van der Waals surface area (Å²) in [4.78, 5) is 23.1. The molecular formula is C18H29N5O. The quantitative estimate of drug-likeness (QED) is 0.589. The van der Waals surface area contributed by atoms with Crippen molar-refractivity contribution < 1.29 is 4.79 Å². The molecule has 0 saturated heterocycles. The fourth-order valence-electron chi connectivity index (χ4n) is 2.79. The monoisotopic (exact) mass is 331 g/mol. The van der Waals surface area contributed by atoms with Crippen LogP contribution >= 0.6 is 0 Å². The van der Waals surface area contributed by atoms with Gasteiger partial charge in [0.1, 0.15) is 6.33 Å². The molecule has 2 rings (SSSR count). The standard InChI is InChI=1S/C18H29N5O/c1-3-5-7-9-11-22(12-10-8-6-4-2)17(24)16-13-19-18-20-15-21-23(18)14-16/h13-15H,3-12H2,1-2H3. The van der Waals surface area contributed by atoms with E-state index in [0.29, 0.717) is 11.3 Å². The van der Waals surface area contributed by atoms with Gasteiger partial charge in [-0.2, -0.15) is 10.1 Å². The average molecular weight is 331 g/mol. The van der Waals surface area contributed by atoms with Gasteiger partial charge in [-0.05, 0) is 12.8 Å². The summed E-state index contributed by atoms with van der Waals surface area (Å²) < 4.78 is 1.56. The molecule has 0 aliphatic heterocycles. The van der Waals surface area contributed by atoms with Gasteiger partial charge in [-0.3, -0.25) is 4.79 Å². The summed E-state index contributed by atoms with van der Waals surface area (Å²) in [5, 5.41) is 4.07. The third kappa shape index (κ3) is 5.28. The van der Waals surface area contributed by atoms with E-state index in [2.05, 4.69) is 28.9 Å². The second kappa shape index (κ2) is 10.0. The van der Waals surface area contributed by atoms with Crippen molar-refractivity contribution in [1.82, 2.24) is 24.5 Å². The Labute approximate surface area is 144 Å². The molecule has 1 amide bonds. The molecule has 0 aliphatic rings. The van der Waals surface area contributed by atoms with Crippen LogP contribution in [0.2, 0.25) is 0 Å². The van der Waals surface area contributed by atoms with Crippen molar-refractivity contribution in [3.8, 4) is 0 Å². The highest BCUT2D eigenvalue weighted by atomic mass is 16.2. The highest BCUT2D eigenvalue weighted by Crippen LogP contribution is 2.10. The van der Waals surface area contributed by atoms with E-state index in [1.165, 1.54) is 44.9 Å². The third-order valence-corrected chi connectivity index (χ3v) is 4.23. The number of fused-ring (bicyclic) bond motifs is 1. The largest absolute Gasteiger partial charge is 0.339 e. The van der Waals surface area contributed by atoms with E-state index >= 15 is 0 Å². The molecular weight excluding hydrogens is 302 g/mol. The van der Waals surface area contributed by atoms with E-state index in [9.17, 15) is 4.79 Å². The van der Waals surface area contributed by atoms with Crippen LogP contribution in [0, 0.1) is 0 Å². The zero-order valence-electron chi connectivity index (χ0n) is 14.9. The fourth-order valence-corrected chi connectivity index (χ4v) is 2.79. The lowest BCUT2D eigenvalue weighted by Crippen LogP contribution is -2.33. The van der Waals surface area contributed by atoms with Crippen molar-refractivity contribution >= 4 is 11.7 Å². The number of amides is 1. The number of hydrogen-bond acceptors (Lipinski definition) is 4. The molecule has 0 saturated carbocycles. The van der Waals surface area contributed by atoms with Crippen LogP contribution in [0.5, 0.6) is 0 Å². The fraction of sp³-hybridized carbons (Fsp3) is 0.667. The first-order chi connectivity index (χ1) is 11.8. The summed E-state index contributed by atoms with van der Waals surface area (Å²) in [5.41, 5.74) is 0.582. The van der Waals surface area contributed by atoms with E-state index in [4.69, 9.17) is 0 Å². The minimum Gasteiger partial charge on any atom is -0.339 e. The normalized spacial score (nSPS) is 11.1. The lowest BCUT2D eigenvalue weighted by Gasteiger charge is -2.22. The van der Waals surface area contributed by atoms with Crippen LogP contribution in [0.15, 0.2) is 18.7 Å². The molecule has 6 nitrogen and oxygen atoms in total. The Kier molecular flexibility index (Phi) is 7.65. The molecule has 132 valence electrons. The first-order valence-corrected chi connectivity index (χ1v) is 9.21. The number of hydrogen-bond donors (Lipinski definition) is 0. The highest BCUT2D eigenvalue weighted by Gasteiger charge is 2.16. The Morgan fingerprint density at radius 1 is 1.00 bits per heavy atom. The Hall–Kier alpha value is -1.98. The summed E-state index contributed by atoms with van der Waals surface area (Å²) in [7, 11) is 0. The maximum absolute atomic E-state index is 12.9. The van der Waals surface area contributed by atoms with Gasteiger partial charge in [0.25, 0.3) is 11.7 Å². The van der Waals surface area contributed by atoms with E-state index in [1.807, 2.05) is 4.90 Å². The molecule has 2 aromatic heterocycles. The minimum absolute atomic E-state index is 0.0490. The van der Waals surface area contributed by atoms with Crippen molar-refractivity contribution in [3.05, 3.63) is 24.3 Å². The molecule has 0 unspecified atom stereocenters. The molecule has 2 aromatic rings. The second-order valence-corrected chi connectivity index (χ2v) is 6.26. The van der Waals surface area contributed by atoms with Crippen molar-refractivity contribution in [1.29, 1.82) is 0 Å². The van der Waals surface area contributed by atoms with Gasteiger partial charge in [0.05, 0.1) is 5.56 Å². The van der Waals surface area contributed by atoms with E-state index < -0.39 is 0 Å². The Bertz CT molecular complexity index is 613. The SMILES string of the molecule is CCCCCCN(CCCCCC)C(=O)c1cnc2ncnn2c1. The Morgan fingerprint density at radius 2 is 1.67 bits per heavy atom. The smallest absolute Gasteiger partial charge is 0.256 e. The van der Waals surface area contributed by atoms with Gasteiger partial charge < -0.3 is 4.90 Å². The number of unbranched alkanes of at least 4 members (excludes halogenated alkanes) is 6. The van der Waals surface area contributed by atoms with Crippen LogP contribution in [0.25, 0.3) is 5.78 Å². The van der Waals surface area contributed by atoms with E-state index in [0.717, 1.165) is 25.9 Å². The molecule has 0 radical (unpaired) electrons. The van der Waals surface area contributed by atoms with Crippen LogP contribution in [0.4, 0.5) is 0 Å². The molecule has 0 aromatic carbocycles. The molecule has 6 heteroatoms. The van der Waals surface area contributed by atoms with Crippen LogP contribution in [0.3, 0.4) is 0 Å². The van der Waals surface area contributed by atoms with E-state index in [1.54, 1.807) is 16.9 Å². The van der Waals surface area contributed by atoms with Crippen LogP contribution in [0.1, 0.15) is 75.6 Å². The number of aromatic nitrogens is 4. The van der Waals surface area contributed by atoms with Gasteiger partial charge >= 0.3 is 0 Å². The number of nitrogens with zero attached hydrogens (tertiary/aromatic N) is 5. The van der Waals surface area contributed by atoms with Gasteiger partial charge in [-0.25, -0.2) is 9.50 Å². The number of rotatable bonds is 11. The summed E-state index contributed by atoms with van der Waals surface area (Å²) in [6.07, 6.45) is 14.1. The summed E-state index contributed by atoms with van der Waals surface area (Å²) in [6.45, 7) is 6.04. The van der Waals surface area contributed by atoms with E-state index in [-0.39, 0.29) is 5.91 Å². The molecule has 0 aliphatic carbocycles. The van der Waals surface area contributed by atoms with Gasteiger partial charge in [0.2, 0.25) is 0 Å². The third-order valence-electron chi connectivity index (χ3n) is 4.23. The van der Waals surface area contributed by atoms with Crippen molar-refractivity contribution in [3.63, 3.8) is 0 Å². The maximum Gasteiger partial charge on any atom is 0.256 e. The molecule has 0 spiro atoms. The molecule has 24 heavy (non-hydrogen) atoms. The molecule has 0 N–H and O–H groups in total. The number of carbonyl (C=O) groups excluding carboxylic acids is 1. The average Bonchev–Trinajstić information content (AvgIpc) is 3.07.